The molecule has 0 nitrogen and oxygen atoms in total. The molecule has 0 saturated heterocycles. The van der Waals surface area contributed by atoms with Gasteiger partial charge in [0.25, 0.3) is 0 Å². The zero-order valence-corrected chi connectivity index (χ0v) is 9.35. The third kappa shape index (κ3) is 2.24. The molecule has 0 bridgehead atoms. The van der Waals surface area contributed by atoms with Crippen molar-refractivity contribution in [3.63, 3.8) is 0 Å². The quantitative estimate of drug-likeness (QED) is 0.582. The van der Waals surface area contributed by atoms with Crippen LogP contribution in [0.3, 0.4) is 0 Å². The van der Waals surface area contributed by atoms with Crippen LogP contribution in [0.2, 0.25) is 0 Å². The molecule has 0 aliphatic heterocycles. The lowest BCUT2D eigenvalue weighted by Gasteiger charge is -2.24. The summed E-state index contributed by atoms with van der Waals surface area (Å²) in [5.41, 5.74) is 0.633. The highest BCUT2D eigenvalue weighted by Crippen LogP contribution is 2.45. The van der Waals surface area contributed by atoms with E-state index in [0.717, 1.165) is 17.8 Å². The lowest BCUT2D eigenvalue weighted by Crippen LogP contribution is -2.16. The summed E-state index contributed by atoms with van der Waals surface area (Å²) in [5, 5.41) is 0. The van der Waals surface area contributed by atoms with Gasteiger partial charge in [0.2, 0.25) is 0 Å². The maximum atomic E-state index is 2.43. The Morgan fingerprint density at radius 3 is 2.08 bits per heavy atom. The standard InChI is InChI=1S/C12H24/c1-9(2)10(3)11-6-7-12(4,5)8-11/h9-11H,6-8H2,1-5H3. The summed E-state index contributed by atoms with van der Waals surface area (Å²) in [6.07, 6.45) is 4.35. The maximum Gasteiger partial charge on any atom is -0.0351 e. The van der Waals surface area contributed by atoms with E-state index in [4.69, 9.17) is 0 Å². The molecule has 2 unspecified atom stereocenters. The first kappa shape index (κ1) is 10.1. The molecule has 2 atom stereocenters. The second-order valence-corrected chi connectivity index (χ2v) is 5.77. The molecule has 12 heavy (non-hydrogen) atoms. The summed E-state index contributed by atoms with van der Waals surface area (Å²) >= 11 is 0. The molecule has 0 aromatic heterocycles. The summed E-state index contributed by atoms with van der Waals surface area (Å²) in [5.74, 6) is 2.79. The normalized spacial score (nSPS) is 31.0. The minimum absolute atomic E-state index is 0.633. The zero-order chi connectivity index (χ0) is 9.35. The molecule has 72 valence electrons. The highest BCUT2D eigenvalue weighted by molar-refractivity contribution is 4.85. The van der Waals surface area contributed by atoms with Gasteiger partial charge >= 0.3 is 0 Å². The van der Waals surface area contributed by atoms with Gasteiger partial charge < -0.3 is 0 Å². The van der Waals surface area contributed by atoms with Crippen LogP contribution in [-0.4, -0.2) is 0 Å². The summed E-state index contributed by atoms with van der Waals surface area (Å²) < 4.78 is 0. The summed E-state index contributed by atoms with van der Waals surface area (Å²) in [6, 6.07) is 0. The van der Waals surface area contributed by atoms with E-state index in [-0.39, 0.29) is 0 Å². The van der Waals surface area contributed by atoms with Crippen LogP contribution in [0, 0.1) is 23.2 Å². The highest BCUT2D eigenvalue weighted by Gasteiger charge is 2.34. The summed E-state index contributed by atoms with van der Waals surface area (Å²) in [6.45, 7) is 12.0. The topological polar surface area (TPSA) is 0 Å². The predicted molar refractivity (Wildman–Crippen MR) is 55.1 cm³/mol. The molecule has 0 aromatic rings. The van der Waals surface area contributed by atoms with Crippen molar-refractivity contribution >= 4 is 0 Å². The second-order valence-electron chi connectivity index (χ2n) is 5.77. The fraction of sp³-hybridized carbons (Fsp3) is 1.00. The fourth-order valence-electron chi connectivity index (χ4n) is 2.48. The maximum absolute atomic E-state index is 2.43. The lowest BCUT2D eigenvalue weighted by atomic mass is 9.81. The molecule has 1 saturated carbocycles. The van der Waals surface area contributed by atoms with Crippen molar-refractivity contribution < 1.29 is 0 Å². The van der Waals surface area contributed by atoms with Gasteiger partial charge in [-0.3, -0.25) is 0 Å². The third-order valence-electron chi connectivity index (χ3n) is 3.80. The van der Waals surface area contributed by atoms with E-state index in [1.807, 2.05) is 0 Å². The van der Waals surface area contributed by atoms with E-state index >= 15 is 0 Å². The van der Waals surface area contributed by atoms with Crippen molar-refractivity contribution in [2.45, 2.75) is 53.9 Å². The Kier molecular flexibility index (Phi) is 2.85. The van der Waals surface area contributed by atoms with Crippen molar-refractivity contribution in [1.29, 1.82) is 0 Å². The van der Waals surface area contributed by atoms with Gasteiger partial charge in [-0.05, 0) is 42.4 Å². The first-order valence-corrected chi connectivity index (χ1v) is 5.42. The average molecular weight is 168 g/mol. The Hall–Kier alpha value is 0. The first-order chi connectivity index (χ1) is 5.42. The van der Waals surface area contributed by atoms with E-state index in [9.17, 15) is 0 Å². The average Bonchev–Trinajstić information content (AvgIpc) is 2.28. The number of hydrogen-bond acceptors (Lipinski definition) is 0. The Morgan fingerprint density at radius 2 is 1.75 bits per heavy atom. The van der Waals surface area contributed by atoms with Crippen molar-refractivity contribution in [3.8, 4) is 0 Å². The van der Waals surface area contributed by atoms with Gasteiger partial charge in [-0.15, -0.1) is 0 Å². The van der Waals surface area contributed by atoms with Crippen molar-refractivity contribution in [3.05, 3.63) is 0 Å². The smallest absolute Gasteiger partial charge is 0.0351 e. The van der Waals surface area contributed by atoms with Crippen LogP contribution >= 0.6 is 0 Å². The molecular weight excluding hydrogens is 144 g/mol. The van der Waals surface area contributed by atoms with Crippen LogP contribution in [0.4, 0.5) is 0 Å². The van der Waals surface area contributed by atoms with Gasteiger partial charge in [0.1, 0.15) is 0 Å². The van der Waals surface area contributed by atoms with E-state index in [1.54, 1.807) is 0 Å². The van der Waals surface area contributed by atoms with Gasteiger partial charge in [0.05, 0.1) is 0 Å². The number of hydrogen-bond donors (Lipinski definition) is 0. The van der Waals surface area contributed by atoms with Crippen molar-refractivity contribution in [2.75, 3.05) is 0 Å². The van der Waals surface area contributed by atoms with E-state index in [1.165, 1.54) is 19.3 Å². The van der Waals surface area contributed by atoms with Crippen LogP contribution in [0.15, 0.2) is 0 Å². The van der Waals surface area contributed by atoms with Crippen molar-refractivity contribution in [2.24, 2.45) is 23.2 Å². The minimum atomic E-state index is 0.633. The molecule has 1 rings (SSSR count). The van der Waals surface area contributed by atoms with Crippen LogP contribution in [-0.2, 0) is 0 Å². The molecule has 0 N–H and O–H groups in total. The van der Waals surface area contributed by atoms with Gasteiger partial charge in [-0.1, -0.05) is 34.6 Å². The Morgan fingerprint density at radius 1 is 1.17 bits per heavy atom. The number of rotatable bonds is 2. The predicted octanol–water partition coefficient (Wildman–Crippen LogP) is 4.10. The first-order valence-electron chi connectivity index (χ1n) is 5.42. The van der Waals surface area contributed by atoms with Crippen LogP contribution in [0.1, 0.15) is 53.9 Å². The molecule has 0 aromatic carbocycles. The largest absolute Gasteiger partial charge is 0.0625 e. The second kappa shape index (κ2) is 3.40. The van der Waals surface area contributed by atoms with E-state index in [2.05, 4.69) is 34.6 Å². The Balaban J connectivity index is 2.47. The molecule has 0 spiro atoms. The van der Waals surface area contributed by atoms with Gasteiger partial charge in [-0.25, -0.2) is 0 Å². The summed E-state index contributed by atoms with van der Waals surface area (Å²) in [7, 11) is 0. The Labute approximate surface area is 77.7 Å². The molecule has 1 fully saturated rings. The van der Waals surface area contributed by atoms with E-state index in [0.29, 0.717) is 5.41 Å². The molecule has 0 heteroatoms. The zero-order valence-electron chi connectivity index (χ0n) is 9.35. The van der Waals surface area contributed by atoms with Crippen molar-refractivity contribution in [1.82, 2.24) is 0 Å². The van der Waals surface area contributed by atoms with Gasteiger partial charge in [0, 0.05) is 0 Å². The fourth-order valence-corrected chi connectivity index (χ4v) is 2.48. The van der Waals surface area contributed by atoms with Gasteiger partial charge in [0.15, 0.2) is 0 Å². The molecule has 0 radical (unpaired) electrons. The molecule has 1 aliphatic carbocycles. The lowest BCUT2D eigenvalue weighted by molar-refractivity contribution is 0.256. The minimum Gasteiger partial charge on any atom is -0.0625 e. The third-order valence-corrected chi connectivity index (χ3v) is 3.80. The van der Waals surface area contributed by atoms with Crippen LogP contribution < -0.4 is 0 Å². The monoisotopic (exact) mass is 168 g/mol. The van der Waals surface area contributed by atoms with E-state index < -0.39 is 0 Å². The molecule has 0 heterocycles. The molecule has 1 aliphatic rings. The molecule has 0 amide bonds. The highest BCUT2D eigenvalue weighted by atomic mass is 14.4. The van der Waals surface area contributed by atoms with Crippen LogP contribution in [0.25, 0.3) is 0 Å². The summed E-state index contributed by atoms with van der Waals surface area (Å²) in [4.78, 5) is 0. The SMILES string of the molecule is CC(C)C(C)C1CCC(C)(C)C1. The molecular formula is C12H24. The van der Waals surface area contributed by atoms with Crippen LogP contribution in [0.5, 0.6) is 0 Å². The Bertz CT molecular complexity index is 144. The van der Waals surface area contributed by atoms with Gasteiger partial charge in [-0.2, -0.15) is 0 Å².